The predicted octanol–water partition coefficient (Wildman–Crippen LogP) is 1.36. The zero-order chi connectivity index (χ0) is 11.1. The van der Waals surface area contributed by atoms with Crippen LogP contribution in [0.25, 0.3) is 0 Å². The van der Waals surface area contributed by atoms with Crippen LogP contribution in [0.3, 0.4) is 0 Å². The van der Waals surface area contributed by atoms with Crippen molar-refractivity contribution in [3.05, 3.63) is 26.2 Å². The minimum atomic E-state index is -5.30. The van der Waals surface area contributed by atoms with E-state index in [2.05, 4.69) is 0 Å². The molecule has 0 saturated carbocycles. The van der Waals surface area contributed by atoms with Crippen molar-refractivity contribution in [2.75, 3.05) is 0 Å². The van der Waals surface area contributed by atoms with Gasteiger partial charge in [-0.25, -0.2) is 0 Å². The number of hydrogen-bond acceptors (Lipinski definition) is 0. The summed E-state index contributed by atoms with van der Waals surface area (Å²) in [4.78, 5) is 0. The molecule has 1 rings (SSSR count). The monoisotopic (exact) mass is 320 g/mol. The van der Waals surface area contributed by atoms with E-state index < -0.39 is 22.5 Å². The maximum Gasteiger partial charge on any atom is 1.00 e. The molecule has 0 nitrogen and oxygen atoms in total. The van der Waals surface area contributed by atoms with Gasteiger partial charge in [0.2, 0.25) is 0 Å². The van der Waals surface area contributed by atoms with Crippen molar-refractivity contribution in [3.63, 3.8) is 0 Å². The van der Waals surface area contributed by atoms with Crippen molar-refractivity contribution in [1.29, 1.82) is 0 Å². The molecule has 0 unspecified atom stereocenters. The molecule has 0 atom stereocenters. The van der Waals surface area contributed by atoms with E-state index in [0.717, 1.165) is 6.07 Å². The van der Waals surface area contributed by atoms with Crippen molar-refractivity contribution in [2.24, 2.45) is 0 Å². The van der Waals surface area contributed by atoms with Gasteiger partial charge in [-0.15, -0.1) is 0 Å². The fraction of sp³-hybridized carbons (Fsp3) is 0. The molecule has 0 aliphatic carbocycles. The van der Waals surface area contributed by atoms with Crippen molar-refractivity contribution < 1.29 is 64.3 Å². The van der Waals surface area contributed by atoms with E-state index in [-0.39, 0.29) is 61.4 Å². The summed E-state index contributed by atoms with van der Waals surface area (Å²) in [6.07, 6.45) is 0. The summed E-state index contributed by atoms with van der Waals surface area (Å²) in [5.74, 6) is 0. The van der Waals surface area contributed by atoms with Crippen molar-refractivity contribution in [1.82, 2.24) is 0 Å². The first-order valence-corrected chi connectivity index (χ1v) is 4.79. The summed E-state index contributed by atoms with van der Waals surface area (Å²) in [6, 6.07) is 0.919. The van der Waals surface area contributed by atoms with E-state index in [9.17, 15) is 12.9 Å². The van der Waals surface area contributed by atoms with Gasteiger partial charge in [0.1, 0.15) is 0 Å². The molecule has 0 N–H and O–H groups in total. The fourth-order valence-corrected chi connectivity index (χ4v) is 2.05. The first-order chi connectivity index (χ1) is 6.25. The summed E-state index contributed by atoms with van der Waals surface area (Å²) in [6.45, 7) is -5.30. The number of rotatable bonds is 1. The summed E-state index contributed by atoms with van der Waals surface area (Å²) in [7, 11) is 0. The van der Waals surface area contributed by atoms with Crippen LogP contribution in [0.4, 0.5) is 12.9 Å². The molecule has 0 aromatic heterocycles. The molecule has 0 aliphatic rings. The van der Waals surface area contributed by atoms with Gasteiger partial charge in [-0.1, -0.05) is 51.9 Å². The van der Waals surface area contributed by atoms with E-state index in [0.29, 0.717) is 0 Å². The topological polar surface area (TPSA) is 0 Å². The third kappa shape index (κ3) is 3.93. The SMILES string of the molecule is F[B-](F)(F)c1c(Cl)cc(Cl)c(Cl)c1Cl.[K+]. The zero-order valence-corrected chi connectivity index (χ0v) is 13.4. The number of benzene rings is 1. The molecule has 0 spiro atoms. The fourth-order valence-electron chi connectivity index (χ4n) is 0.880. The minimum Gasteiger partial charge on any atom is -0.445 e. The van der Waals surface area contributed by atoms with Gasteiger partial charge in [-0.2, -0.15) is 0 Å². The van der Waals surface area contributed by atoms with Crippen LogP contribution >= 0.6 is 46.4 Å². The maximum atomic E-state index is 12.4. The van der Waals surface area contributed by atoms with Crippen LogP contribution in [-0.2, 0) is 0 Å². The van der Waals surface area contributed by atoms with Crippen molar-refractivity contribution >= 4 is 58.8 Å². The molecule has 78 valence electrons. The Morgan fingerprint density at radius 3 is 1.73 bits per heavy atom. The van der Waals surface area contributed by atoms with Gasteiger partial charge in [0.05, 0.1) is 10.0 Å². The Balaban J connectivity index is 0.00000196. The molecule has 0 fully saturated rings. The largest absolute Gasteiger partial charge is 1.00 e. The van der Waals surface area contributed by atoms with Gasteiger partial charge in [0.25, 0.3) is 0 Å². The third-order valence-electron chi connectivity index (χ3n) is 1.48. The van der Waals surface area contributed by atoms with E-state index in [1.54, 1.807) is 0 Å². The van der Waals surface area contributed by atoms with Gasteiger partial charge < -0.3 is 12.9 Å². The quantitative estimate of drug-likeness (QED) is 0.416. The molecule has 0 amide bonds. The molecule has 1 aromatic rings. The number of halogens is 7. The smallest absolute Gasteiger partial charge is 0.445 e. The van der Waals surface area contributed by atoms with Gasteiger partial charge in [-0.3, -0.25) is 0 Å². The van der Waals surface area contributed by atoms with Crippen LogP contribution in [0, 0.1) is 0 Å². The molecule has 0 bridgehead atoms. The second-order valence-electron chi connectivity index (χ2n) is 2.46. The third-order valence-corrected chi connectivity index (χ3v) is 3.07. The van der Waals surface area contributed by atoms with Crippen LogP contribution in [0.1, 0.15) is 0 Å². The van der Waals surface area contributed by atoms with E-state index in [4.69, 9.17) is 46.4 Å². The number of hydrogen-bond donors (Lipinski definition) is 0. The standard InChI is InChI=1S/C6HBCl4F3.K/c8-2-1-3(9)5(10)6(11)4(2)7(12,13)14;/h1H;/q-1;+1. The Morgan fingerprint density at radius 2 is 1.33 bits per heavy atom. The average Bonchev–Trinajstić information content (AvgIpc) is 1.97. The van der Waals surface area contributed by atoms with Crippen LogP contribution in [0.15, 0.2) is 6.07 Å². The Morgan fingerprint density at radius 1 is 0.867 bits per heavy atom. The van der Waals surface area contributed by atoms with Crippen LogP contribution in [0.2, 0.25) is 20.1 Å². The molecule has 15 heavy (non-hydrogen) atoms. The molecule has 0 radical (unpaired) electrons. The summed E-state index contributed by atoms with van der Waals surface area (Å²) >= 11 is 21.7. The average molecular weight is 322 g/mol. The van der Waals surface area contributed by atoms with Crippen LogP contribution in [0.5, 0.6) is 0 Å². The van der Waals surface area contributed by atoms with Crippen LogP contribution < -0.4 is 56.8 Å². The second kappa shape index (κ2) is 6.16. The first-order valence-electron chi connectivity index (χ1n) is 3.28. The summed E-state index contributed by atoms with van der Waals surface area (Å²) in [5, 5.41) is -1.65. The van der Waals surface area contributed by atoms with Gasteiger partial charge in [-0.05, 0) is 6.07 Å². The van der Waals surface area contributed by atoms with E-state index in [1.807, 2.05) is 0 Å². The molecule has 0 saturated heterocycles. The van der Waals surface area contributed by atoms with E-state index >= 15 is 0 Å². The zero-order valence-electron chi connectivity index (χ0n) is 7.30. The maximum absolute atomic E-state index is 12.4. The Bertz CT molecular complexity index is 382. The predicted molar refractivity (Wildman–Crippen MR) is 55.2 cm³/mol. The Kier molecular flexibility index (Phi) is 6.93. The van der Waals surface area contributed by atoms with E-state index in [1.165, 1.54) is 0 Å². The normalized spacial score (nSPS) is 11.1. The summed E-state index contributed by atoms with van der Waals surface area (Å²) < 4.78 is 37.2. The van der Waals surface area contributed by atoms with Crippen molar-refractivity contribution in [2.45, 2.75) is 0 Å². The van der Waals surface area contributed by atoms with Gasteiger partial charge in [0.15, 0.2) is 0 Å². The van der Waals surface area contributed by atoms with Gasteiger partial charge >= 0.3 is 58.4 Å². The Hall–Kier alpha value is 1.87. The molecule has 1 aromatic carbocycles. The first kappa shape index (κ1) is 16.9. The minimum absolute atomic E-state index is 0. The Labute approximate surface area is 147 Å². The molecular formula is C6HBCl4F3K. The molecule has 0 heterocycles. The molecule has 9 heteroatoms. The molecular weight excluding hydrogens is 321 g/mol. The summed E-state index contributed by atoms with van der Waals surface area (Å²) in [5.41, 5.74) is -1.11. The van der Waals surface area contributed by atoms with Crippen molar-refractivity contribution in [3.8, 4) is 0 Å². The second-order valence-corrected chi connectivity index (χ2v) is 4.03. The van der Waals surface area contributed by atoms with Gasteiger partial charge in [0, 0.05) is 10.0 Å². The molecule has 0 aliphatic heterocycles. The van der Waals surface area contributed by atoms with Crippen LogP contribution in [-0.4, -0.2) is 6.98 Å².